The molecule has 3 nitrogen and oxygen atoms in total. The van der Waals surface area contributed by atoms with Gasteiger partial charge in [0.2, 0.25) is 0 Å². The summed E-state index contributed by atoms with van der Waals surface area (Å²) >= 11 is 1.64. The zero-order valence-electron chi connectivity index (χ0n) is 16.3. The van der Waals surface area contributed by atoms with E-state index in [9.17, 15) is 4.79 Å². The zero-order chi connectivity index (χ0) is 20.3. The number of hydrogen-bond donors (Lipinski definition) is 0. The van der Waals surface area contributed by atoms with E-state index >= 15 is 0 Å². The van der Waals surface area contributed by atoms with Gasteiger partial charge in [-0.15, -0.1) is 18.3 Å². The van der Waals surface area contributed by atoms with Gasteiger partial charge in [-0.2, -0.15) is 0 Å². The van der Waals surface area contributed by atoms with Crippen molar-refractivity contribution in [1.82, 2.24) is 0 Å². The molecule has 1 saturated heterocycles. The average Bonchev–Trinajstić information content (AvgIpc) is 2.79. The molecule has 0 aliphatic carbocycles. The van der Waals surface area contributed by atoms with Crippen LogP contribution in [0.2, 0.25) is 0 Å². The minimum atomic E-state index is -0.711. The van der Waals surface area contributed by atoms with E-state index in [4.69, 9.17) is 4.74 Å². The molecule has 1 fully saturated rings. The number of nitrogens with zero attached hydrogens (tertiary/aromatic N) is 1. The van der Waals surface area contributed by atoms with E-state index in [0.29, 0.717) is 5.75 Å². The van der Waals surface area contributed by atoms with E-state index in [1.165, 1.54) is 0 Å². The number of methoxy groups -OCH3 is 1. The van der Waals surface area contributed by atoms with Crippen LogP contribution in [0.3, 0.4) is 0 Å². The Morgan fingerprint density at radius 3 is 2.21 bits per heavy atom. The fraction of sp³-hybridized carbons (Fsp3) is 0.160. The van der Waals surface area contributed by atoms with Gasteiger partial charge in [-0.05, 0) is 35.4 Å². The van der Waals surface area contributed by atoms with Gasteiger partial charge in [0.15, 0.2) is 0 Å². The Balaban J connectivity index is 1.87. The molecule has 3 aromatic rings. The molecular formula is C25H23NO2S. The smallest absolute Gasteiger partial charge is 0.250 e. The molecule has 1 aliphatic heterocycles. The number of amides is 1. The van der Waals surface area contributed by atoms with Crippen LogP contribution in [0.15, 0.2) is 97.6 Å². The lowest BCUT2D eigenvalue weighted by Gasteiger charge is -2.56. The summed E-state index contributed by atoms with van der Waals surface area (Å²) in [6, 6.07) is 27.9. The summed E-state index contributed by atoms with van der Waals surface area (Å²) in [5.74, 6) is 1.55. The predicted octanol–water partition coefficient (Wildman–Crippen LogP) is 5.60. The summed E-state index contributed by atoms with van der Waals surface area (Å²) in [4.78, 5) is 15.7. The van der Waals surface area contributed by atoms with Gasteiger partial charge in [0.25, 0.3) is 5.91 Å². The number of carbonyl (C=O) groups is 1. The molecule has 1 amide bonds. The zero-order valence-corrected chi connectivity index (χ0v) is 17.1. The normalized spacial score (nSPS) is 20.8. The number of hydrogen-bond acceptors (Lipinski definition) is 3. The highest BCUT2D eigenvalue weighted by Gasteiger charge is 2.63. The number of anilines is 1. The molecule has 0 bridgehead atoms. The molecule has 3 aromatic carbocycles. The van der Waals surface area contributed by atoms with Crippen LogP contribution in [-0.4, -0.2) is 18.8 Å². The average molecular weight is 402 g/mol. The first-order chi connectivity index (χ1) is 14.2. The van der Waals surface area contributed by atoms with Gasteiger partial charge < -0.3 is 9.64 Å². The van der Waals surface area contributed by atoms with Crippen LogP contribution in [-0.2, 0) is 9.54 Å². The molecule has 29 heavy (non-hydrogen) atoms. The number of para-hydroxylation sites is 1. The molecule has 146 valence electrons. The van der Waals surface area contributed by atoms with Crippen LogP contribution in [0.1, 0.15) is 17.2 Å². The highest BCUT2D eigenvalue weighted by molar-refractivity contribution is 8.01. The largest absolute Gasteiger partial charge is 0.497 e. The molecule has 0 N–H and O–H groups in total. The Bertz CT molecular complexity index is 988. The summed E-state index contributed by atoms with van der Waals surface area (Å²) in [5, 5.41) is 0. The van der Waals surface area contributed by atoms with Gasteiger partial charge in [-0.3, -0.25) is 4.79 Å². The molecule has 4 heteroatoms. The van der Waals surface area contributed by atoms with E-state index in [-0.39, 0.29) is 11.9 Å². The fourth-order valence-corrected chi connectivity index (χ4v) is 5.24. The van der Waals surface area contributed by atoms with Gasteiger partial charge in [-0.1, -0.05) is 66.7 Å². The monoisotopic (exact) mass is 401 g/mol. The van der Waals surface area contributed by atoms with Crippen LogP contribution in [0, 0.1) is 0 Å². The summed E-state index contributed by atoms with van der Waals surface area (Å²) in [6.45, 7) is 3.88. The maximum Gasteiger partial charge on any atom is 0.250 e. The Morgan fingerprint density at radius 1 is 1.00 bits per heavy atom. The van der Waals surface area contributed by atoms with E-state index in [1.807, 2.05) is 83.8 Å². The maximum absolute atomic E-state index is 13.8. The number of ether oxygens (including phenoxy) is 1. The Hall–Kier alpha value is -2.98. The third-order valence-electron chi connectivity index (χ3n) is 5.28. The molecule has 2 atom stereocenters. The summed E-state index contributed by atoms with van der Waals surface area (Å²) in [7, 11) is 1.65. The number of rotatable bonds is 7. The predicted molar refractivity (Wildman–Crippen MR) is 120 cm³/mol. The number of thioether (sulfide) groups is 1. The van der Waals surface area contributed by atoms with Crippen molar-refractivity contribution in [3.05, 3.63) is 109 Å². The molecule has 4 rings (SSSR count). The van der Waals surface area contributed by atoms with Crippen molar-refractivity contribution in [2.75, 3.05) is 17.8 Å². The first kappa shape index (κ1) is 19.3. The maximum atomic E-state index is 13.8. The van der Waals surface area contributed by atoms with E-state index < -0.39 is 4.75 Å². The van der Waals surface area contributed by atoms with Crippen LogP contribution in [0.25, 0.3) is 0 Å². The van der Waals surface area contributed by atoms with Crippen LogP contribution in [0.4, 0.5) is 5.69 Å². The van der Waals surface area contributed by atoms with Crippen molar-refractivity contribution in [3.8, 4) is 5.75 Å². The molecule has 0 radical (unpaired) electrons. The molecule has 0 spiro atoms. The SMILES string of the molecule is C=CCS[C@@]1(c2ccc(OC)cc2)C(=O)N(c2ccccc2)[C@@H]1c1ccccc1. The van der Waals surface area contributed by atoms with E-state index in [1.54, 1.807) is 18.9 Å². The van der Waals surface area contributed by atoms with Crippen LogP contribution < -0.4 is 9.64 Å². The highest BCUT2D eigenvalue weighted by Crippen LogP contribution is 2.59. The number of carbonyl (C=O) groups excluding carboxylic acids is 1. The van der Waals surface area contributed by atoms with Gasteiger partial charge in [0.1, 0.15) is 10.5 Å². The molecule has 0 aromatic heterocycles. The van der Waals surface area contributed by atoms with Gasteiger partial charge in [0.05, 0.1) is 13.2 Å². The lowest BCUT2D eigenvalue weighted by molar-refractivity contribution is -0.128. The molecular weight excluding hydrogens is 378 g/mol. The first-order valence-electron chi connectivity index (χ1n) is 9.55. The second-order valence-corrected chi connectivity index (χ2v) is 8.15. The van der Waals surface area contributed by atoms with Crippen molar-refractivity contribution in [3.63, 3.8) is 0 Å². The van der Waals surface area contributed by atoms with Crippen LogP contribution >= 0.6 is 11.8 Å². The minimum Gasteiger partial charge on any atom is -0.497 e. The van der Waals surface area contributed by atoms with Crippen LogP contribution in [0.5, 0.6) is 5.75 Å². The van der Waals surface area contributed by atoms with Crippen molar-refractivity contribution in [2.24, 2.45) is 0 Å². The highest BCUT2D eigenvalue weighted by atomic mass is 32.2. The molecule has 1 aliphatic rings. The fourth-order valence-electron chi connectivity index (χ4n) is 3.94. The van der Waals surface area contributed by atoms with E-state index in [0.717, 1.165) is 22.6 Å². The number of benzene rings is 3. The minimum absolute atomic E-state index is 0.0922. The van der Waals surface area contributed by atoms with Crippen molar-refractivity contribution in [2.45, 2.75) is 10.8 Å². The Morgan fingerprint density at radius 2 is 1.62 bits per heavy atom. The number of β-lactam (4-membered cyclic amide) rings is 1. The lowest BCUT2D eigenvalue weighted by Crippen LogP contribution is -2.65. The first-order valence-corrected chi connectivity index (χ1v) is 10.5. The molecule has 0 unspecified atom stereocenters. The Kier molecular flexibility index (Phi) is 5.45. The van der Waals surface area contributed by atoms with Crippen molar-refractivity contribution >= 4 is 23.4 Å². The third-order valence-corrected chi connectivity index (χ3v) is 6.77. The topological polar surface area (TPSA) is 29.5 Å². The van der Waals surface area contributed by atoms with Gasteiger partial charge >= 0.3 is 0 Å². The van der Waals surface area contributed by atoms with Gasteiger partial charge in [-0.25, -0.2) is 0 Å². The third kappa shape index (κ3) is 3.23. The molecule has 1 heterocycles. The standard InChI is InChI=1S/C25H23NO2S/c1-3-18-29-25(20-14-16-22(28-2)17-15-20)23(19-10-6-4-7-11-19)26(24(25)27)21-12-8-5-9-13-21/h3-17,23H,1,18H2,2H3/t23-,25-/m1/s1. The van der Waals surface area contributed by atoms with Crippen molar-refractivity contribution < 1.29 is 9.53 Å². The van der Waals surface area contributed by atoms with E-state index in [2.05, 4.69) is 18.7 Å². The quantitative estimate of drug-likeness (QED) is 0.381. The Labute approximate surface area is 176 Å². The summed E-state index contributed by atoms with van der Waals surface area (Å²) in [5.41, 5.74) is 3.01. The van der Waals surface area contributed by atoms with Gasteiger partial charge in [0, 0.05) is 11.4 Å². The summed E-state index contributed by atoms with van der Waals surface area (Å²) < 4.78 is 4.61. The molecule has 0 saturated carbocycles. The second-order valence-electron chi connectivity index (χ2n) is 6.89. The lowest BCUT2D eigenvalue weighted by atomic mass is 9.76. The second kappa shape index (κ2) is 8.18. The van der Waals surface area contributed by atoms with Crippen molar-refractivity contribution in [1.29, 1.82) is 0 Å². The summed E-state index contributed by atoms with van der Waals surface area (Å²) in [6.07, 6.45) is 1.86.